The summed E-state index contributed by atoms with van der Waals surface area (Å²) < 4.78 is 37.8. The van der Waals surface area contributed by atoms with Crippen molar-refractivity contribution < 1.29 is 38.1 Å². The molecule has 0 amide bonds. The Morgan fingerprint density at radius 2 is 1.97 bits per heavy atom. The van der Waals surface area contributed by atoms with Gasteiger partial charge in [-0.1, -0.05) is 13.0 Å². The van der Waals surface area contributed by atoms with Crippen LogP contribution in [-0.4, -0.2) is 57.9 Å². The molecule has 0 bridgehead atoms. The number of alkyl halides is 2. The maximum atomic E-state index is 17.0. The van der Waals surface area contributed by atoms with Gasteiger partial charge in [-0.3, -0.25) is 14.4 Å². The summed E-state index contributed by atoms with van der Waals surface area (Å²) in [5, 5.41) is 20.8. The molecule has 0 aromatic rings. The number of hydrogen-bond donors (Lipinski definition) is 2. The van der Waals surface area contributed by atoms with Crippen molar-refractivity contribution in [3.05, 3.63) is 23.8 Å². The van der Waals surface area contributed by atoms with Crippen molar-refractivity contribution in [3.8, 4) is 0 Å². The van der Waals surface area contributed by atoms with Crippen LogP contribution in [-0.2, 0) is 19.1 Å². The number of allylic oxidation sites excluding steroid dienone is 4. The molecule has 3 saturated carbocycles. The number of fused-ring (bicyclic) bond motifs is 5. The highest BCUT2D eigenvalue weighted by molar-refractivity contribution is 6.01. The molecule has 0 aliphatic heterocycles. The standard InChI is InChI=1S/C23H28F2O6/c1-12(27)31-22(19(30)11-26)7-5-14-15-9-17(24)16-8-13(28)4-6-20(16,2)23(15,25)18(29)10-21(14,22)3/h4,6,8,14-15,17-18,26,29H,5,7,9-11H2,1-3H3/t14?,15?,17-,18?,20?,21?,22-,23-/m0/s1. The Morgan fingerprint density at radius 3 is 2.58 bits per heavy atom. The smallest absolute Gasteiger partial charge is 0.303 e. The van der Waals surface area contributed by atoms with E-state index in [1.54, 1.807) is 6.92 Å². The van der Waals surface area contributed by atoms with Crippen LogP contribution in [0.1, 0.15) is 46.5 Å². The van der Waals surface area contributed by atoms with Gasteiger partial charge in [0.2, 0.25) is 5.78 Å². The maximum absolute atomic E-state index is 17.0. The van der Waals surface area contributed by atoms with Gasteiger partial charge in [0.15, 0.2) is 17.1 Å². The maximum Gasteiger partial charge on any atom is 0.303 e. The molecular weight excluding hydrogens is 410 g/mol. The van der Waals surface area contributed by atoms with E-state index in [0.29, 0.717) is 0 Å². The van der Waals surface area contributed by atoms with Crippen molar-refractivity contribution in [2.75, 3.05) is 6.61 Å². The van der Waals surface area contributed by atoms with Crippen LogP contribution in [0.2, 0.25) is 0 Å². The van der Waals surface area contributed by atoms with Crippen LogP contribution in [0.25, 0.3) is 0 Å². The number of hydrogen-bond acceptors (Lipinski definition) is 6. The third-order valence-corrected chi connectivity index (χ3v) is 8.66. The normalized spacial score (nSPS) is 48.4. The summed E-state index contributed by atoms with van der Waals surface area (Å²) >= 11 is 0. The third-order valence-electron chi connectivity index (χ3n) is 8.66. The lowest BCUT2D eigenvalue weighted by Crippen LogP contribution is -2.70. The molecular formula is C23H28F2O6. The molecule has 0 aromatic carbocycles. The van der Waals surface area contributed by atoms with Gasteiger partial charge in [-0.2, -0.15) is 0 Å². The molecule has 4 aliphatic rings. The van der Waals surface area contributed by atoms with Crippen LogP contribution in [0.3, 0.4) is 0 Å². The zero-order chi connectivity index (χ0) is 23.0. The van der Waals surface area contributed by atoms with Crippen LogP contribution in [0.5, 0.6) is 0 Å². The second-order valence-corrected chi connectivity index (χ2v) is 9.90. The summed E-state index contributed by atoms with van der Waals surface area (Å²) in [4.78, 5) is 36.6. The third kappa shape index (κ3) is 2.58. The lowest BCUT2D eigenvalue weighted by atomic mass is 9.44. The summed E-state index contributed by atoms with van der Waals surface area (Å²) in [6, 6.07) is 0. The lowest BCUT2D eigenvalue weighted by Gasteiger charge is -2.63. The van der Waals surface area contributed by atoms with E-state index < -0.39 is 70.4 Å². The number of ether oxygens (including phenoxy) is 1. The van der Waals surface area contributed by atoms with Crippen LogP contribution < -0.4 is 0 Å². The predicted molar refractivity (Wildman–Crippen MR) is 105 cm³/mol. The number of carbonyl (C=O) groups excluding carboxylic acids is 3. The predicted octanol–water partition coefficient (Wildman–Crippen LogP) is 2.17. The molecule has 6 nitrogen and oxygen atoms in total. The van der Waals surface area contributed by atoms with Crippen molar-refractivity contribution in [1.82, 2.24) is 0 Å². The fraction of sp³-hybridized carbons (Fsp3) is 0.696. The molecule has 31 heavy (non-hydrogen) atoms. The van der Waals surface area contributed by atoms with E-state index in [-0.39, 0.29) is 31.3 Å². The Bertz CT molecular complexity index is 914. The van der Waals surface area contributed by atoms with E-state index in [2.05, 4.69) is 0 Å². The van der Waals surface area contributed by atoms with Crippen LogP contribution in [0.15, 0.2) is 23.8 Å². The van der Waals surface area contributed by atoms with E-state index in [4.69, 9.17) is 4.74 Å². The first-order chi connectivity index (χ1) is 14.4. The largest absolute Gasteiger partial charge is 0.451 e. The average molecular weight is 438 g/mol. The lowest BCUT2D eigenvalue weighted by molar-refractivity contribution is -0.228. The van der Waals surface area contributed by atoms with Gasteiger partial charge in [0.25, 0.3) is 0 Å². The first-order valence-electron chi connectivity index (χ1n) is 10.7. The van der Waals surface area contributed by atoms with Crippen LogP contribution in [0, 0.1) is 22.7 Å². The van der Waals surface area contributed by atoms with E-state index in [1.807, 2.05) is 0 Å². The highest BCUT2D eigenvalue weighted by Crippen LogP contribution is 2.70. The minimum Gasteiger partial charge on any atom is -0.451 e. The summed E-state index contributed by atoms with van der Waals surface area (Å²) in [7, 11) is 0. The molecule has 3 fully saturated rings. The summed E-state index contributed by atoms with van der Waals surface area (Å²) in [5.41, 5.74) is -6.64. The Hall–Kier alpha value is -1.93. The molecule has 4 rings (SSSR count). The van der Waals surface area contributed by atoms with Crippen LogP contribution in [0.4, 0.5) is 8.78 Å². The number of ketones is 2. The topological polar surface area (TPSA) is 101 Å². The van der Waals surface area contributed by atoms with E-state index in [9.17, 15) is 24.6 Å². The molecule has 170 valence electrons. The van der Waals surface area contributed by atoms with Gasteiger partial charge >= 0.3 is 5.97 Å². The SMILES string of the molecule is CC(=O)O[C@]1(C(=O)CO)CCC2C3C[C@H](F)C4=CC(=O)C=CC4(C)[C@@]3(F)C(O)CC21C. The number of aliphatic hydroxyl groups excluding tert-OH is 2. The Morgan fingerprint density at radius 1 is 1.29 bits per heavy atom. The van der Waals surface area contributed by atoms with Crippen molar-refractivity contribution in [2.24, 2.45) is 22.7 Å². The number of Topliss-reactive ketones (excluding diaryl/α,β-unsaturated/α-hetero) is 1. The van der Waals surface area contributed by atoms with E-state index in [1.165, 1.54) is 19.1 Å². The molecule has 0 saturated heterocycles. The number of halogens is 2. The summed E-state index contributed by atoms with van der Waals surface area (Å²) in [5.74, 6) is -3.38. The molecule has 0 radical (unpaired) electrons. The molecule has 2 N–H and O–H groups in total. The number of carbonyl (C=O) groups is 3. The molecule has 0 heterocycles. The second-order valence-electron chi connectivity index (χ2n) is 9.90. The molecule has 0 aromatic heterocycles. The summed E-state index contributed by atoms with van der Waals surface area (Å²) in [6.45, 7) is 3.45. The quantitative estimate of drug-likeness (QED) is 0.655. The van der Waals surface area contributed by atoms with Gasteiger partial charge in [-0.25, -0.2) is 8.78 Å². The molecule has 4 aliphatic carbocycles. The molecule has 5 unspecified atom stereocenters. The zero-order valence-electron chi connectivity index (χ0n) is 17.9. The minimum atomic E-state index is -2.27. The number of esters is 1. The highest BCUT2D eigenvalue weighted by atomic mass is 19.1. The number of aliphatic hydroxyl groups is 2. The number of rotatable bonds is 3. The molecule has 0 spiro atoms. The Labute approximate surface area is 179 Å². The van der Waals surface area contributed by atoms with Gasteiger partial charge in [0, 0.05) is 23.7 Å². The highest BCUT2D eigenvalue weighted by Gasteiger charge is 2.76. The molecule has 8 atom stereocenters. The van der Waals surface area contributed by atoms with Gasteiger partial charge in [-0.05, 0) is 56.3 Å². The Kier molecular flexibility index (Phi) is 4.87. The van der Waals surface area contributed by atoms with Crippen molar-refractivity contribution >= 4 is 17.5 Å². The van der Waals surface area contributed by atoms with Gasteiger partial charge < -0.3 is 14.9 Å². The first kappa shape index (κ1) is 22.3. The fourth-order valence-corrected chi connectivity index (χ4v) is 7.25. The fourth-order valence-electron chi connectivity index (χ4n) is 7.25. The van der Waals surface area contributed by atoms with Gasteiger partial charge in [0.1, 0.15) is 12.8 Å². The average Bonchev–Trinajstić information content (AvgIpc) is 2.97. The van der Waals surface area contributed by atoms with E-state index in [0.717, 1.165) is 13.0 Å². The van der Waals surface area contributed by atoms with Crippen molar-refractivity contribution in [1.29, 1.82) is 0 Å². The zero-order valence-corrected chi connectivity index (χ0v) is 17.9. The Balaban J connectivity index is 1.85. The van der Waals surface area contributed by atoms with E-state index >= 15 is 8.78 Å². The monoisotopic (exact) mass is 438 g/mol. The minimum absolute atomic E-state index is 0.0251. The molecule has 8 heteroatoms. The first-order valence-corrected chi connectivity index (χ1v) is 10.7. The van der Waals surface area contributed by atoms with Crippen molar-refractivity contribution in [2.45, 2.75) is 70.0 Å². The van der Waals surface area contributed by atoms with Gasteiger partial charge in [0.05, 0.1) is 6.10 Å². The van der Waals surface area contributed by atoms with Gasteiger partial charge in [-0.15, -0.1) is 0 Å². The second kappa shape index (κ2) is 6.78. The van der Waals surface area contributed by atoms with Crippen LogP contribution >= 0.6 is 0 Å². The van der Waals surface area contributed by atoms with Crippen molar-refractivity contribution in [3.63, 3.8) is 0 Å². The summed E-state index contributed by atoms with van der Waals surface area (Å²) in [6.07, 6.45) is 0.383.